The number of aromatic nitrogens is 1. The first-order valence-corrected chi connectivity index (χ1v) is 9.11. The summed E-state index contributed by atoms with van der Waals surface area (Å²) in [7, 11) is 0. The number of hydrogen-bond acceptors (Lipinski definition) is 1. The highest BCUT2D eigenvalue weighted by Gasteiger charge is 2.17. The minimum absolute atomic E-state index is 1.11. The van der Waals surface area contributed by atoms with Gasteiger partial charge in [-0.1, -0.05) is 48.5 Å². The van der Waals surface area contributed by atoms with E-state index in [0.29, 0.717) is 0 Å². The van der Waals surface area contributed by atoms with Gasteiger partial charge in [0.15, 0.2) is 0 Å². The van der Waals surface area contributed by atoms with Crippen molar-refractivity contribution in [3.63, 3.8) is 0 Å². The van der Waals surface area contributed by atoms with Crippen LogP contribution in [0.4, 0.5) is 0 Å². The van der Waals surface area contributed by atoms with Gasteiger partial charge in [-0.2, -0.15) is 0 Å². The van der Waals surface area contributed by atoms with Gasteiger partial charge in [0.05, 0.1) is 11.2 Å². The molecule has 0 radical (unpaired) electrons. The molecule has 0 saturated carbocycles. The first-order chi connectivity index (χ1) is 11.3. The molecule has 0 fully saturated rings. The fourth-order valence-electron chi connectivity index (χ4n) is 3.31. The molecule has 5 aromatic rings. The van der Waals surface area contributed by atoms with E-state index in [4.69, 9.17) is 0 Å². The lowest BCUT2D eigenvalue weighted by Gasteiger charge is -2.08. The van der Waals surface area contributed by atoms with Crippen molar-refractivity contribution in [1.29, 1.82) is 0 Å². The van der Waals surface area contributed by atoms with Crippen molar-refractivity contribution >= 4 is 58.5 Å². The second-order valence-electron chi connectivity index (χ2n) is 5.58. The summed E-state index contributed by atoms with van der Waals surface area (Å²) < 4.78 is 4.82. The summed E-state index contributed by atoms with van der Waals surface area (Å²) in [6.45, 7) is 0. The van der Waals surface area contributed by atoms with E-state index in [-0.39, 0.29) is 0 Å². The Balaban J connectivity index is 2.07. The molecule has 0 amide bonds. The van der Waals surface area contributed by atoms with Crippen molar-refractivity contribution in [3.05, 3.63) is 77.3 Å². The Morgan fingerprint density at radius 1 is 0.739 bits per heavy atom. The molecule has 3 heteroatoms. The van der Waals surface area contributed by atoms with Crippen LogP contribution < -0.4 is 0 Å². The SMILES string of the molecule is Brc1ccccc1-n1c2ccccc2c2c3ccccc3sc21. The van der Waals surface area contributed by atoms with Crippen LogP contribution in [0, 0.1) is 0 Å². The van der Waals surface area contributed by atoms with Gasteiger partial charge in [-0.25, -0.2) is 0 Å². The normalized spacial score (nSPS) is 11.7. The van der Waals surface area contributed by atoms with Crippen LogP contribution in [0.2, 0.25) is 0 Å². The Morgan fingerprint density at radius 3 is 2.30 bits per heavy atom. The molecule has 0 aliphatic rings. The lowest BCUT2D eigenvalue weighted by atomic mass is 10.1. The van der Waals surface area contributed by atoms with Crippen molar-refractivity contribution in [2.45, 2.75) is 0 Å². The van der Waals surface area contributed by atoms with Crippen LogP contribution in [0.5, 0.6) is 0 Å². The van der Waals surface area contributed by atoms with Gasteiger partial charge in [-0.15, -0.1) is 11.3 Å². The van der Waals surface area contributed by atoms with E-state index in [1.165, 1.54) is 36.9 Å². The highest BCUT2D eigenvalue weighted by Crippen LogP contribution is 2.42. The molecule has 1 nitrogen and oxygen atoms in total. The maximum atomic E-state index is 3.72. The highest BCUT2D eigenvalue weighted by molar-refractivity contribution is 9.10. The maximum Gasteiger partial charge on any atom is 0.109 e. The Kier molecular flexibility index (Phi) is 2.87. The summed E-state index contributed by atoms with van der Waals surface area (Å²) in [5.74, 6) is 0. The van der Waals surface area contributed by atoms with E-state index >= 15 is 0 Å². The standard InChI is InChI=1S/C20H12BrNS/c21-15-9-3-5-11-17(15)22-16-10-4-1-7-13(16)19-14-8-2-6-12-18(14)23-20(19)22/h1-12H. The van der Waals surface area contributed by atoms with E-state index in [1.54, 1.807) is 0 Å². The van der Waals surface area contributed by atoms with Crippen LogP contribution in [-0.2, 0) is 0 Å². The number of rotatable bonds is 1. The van der Waals surface area contributed by atoms with Crippen molar-refractivity contribution in [3.8, 4) is 5.69 Å². The predicted molar refractivity (Wildman–Crippen MR) is 104 cm³/mol. The van der Waals surface area contributed by atoms with E-state index in [1.807, 2.05) is 11.3 Å². The molecule has 3 aromatic carbocycles. The minimum atomic E-state index is 1.11. The van der Waals surface area contributed by atoms with Gasteiger partial charge in [0, 0.05) is 25.3 Å². The molecule has 23 heavy (non-hydrogen) atoms. The highest BCUT2D eigenvalue weighted by atomic mass is 79.9. The average Bonchev–Trinajstić information content (AvgIpc) is 3.10. The van der Waals surface area contributed by atoms with Crippen molar-refractivity contribution in [1.82, 2.24) is 4.57 Å². The Hall–Kier alpha value is -2.10. The third kappa shape index (κ3) is 1.84. The number of benzene rings is 3. The molecule has 110 valence electrons. The van der Waals surface area contributed by atoms with Crippen LogP contribution in [0.1, 0.15) is 0 Å². The minimum Gasteiger partial charge on any atom is -0.300 e. The zero-order valence-electron chi connectivity index (χ0n) is 12.2. The molecule has 0 bridgehead atoms. The van der Waals surface area contributed by atoms with Gasteiger partial charge >= 0.3 is 0 Å². The number of para-hydroxylation sites is 2. The quantitative estimate of drug-likeness (QED) is 0.304. The van der Waals surface area contributed by atoms with E-state index in [0.717, 1.165) is 4.47 Å². The largest absolute Gasteiger partial charge is 0.300 e. The Bertz CT molecular complexity index is 1180. The maximum absolute atomic E-state index is 3.72. The first kappa shape index (κ1) is 13.3. The molecule has 0 saturated heterocycles. The summed E-state index contributed by atoms with van der Waals surface area (Å²) in [5, 5.41) is 4.02. The summed E-state index contributed by atoms with van der Waals surface area (Å²) >= 11 is 5.58. The van der Waals surface area contributed by atoms with Gasteiger partial charge in [0.2, 0.25) is 0 Å². The van der Waals surface area contributed by atoms with Crippen LogP contribution in [0.25, 0.3) is 36.9 Å². The van der Waals surface area contributed by atoms with Crippen molar-refractivity contribution in [2.75, 3.05) is 0 Å². The van der Waals surface area contributed by atoms with Crippen LogP contribution in [0.15, 0.2) is 77.3 Å². The zero-order chi connectivity index (χ0) is 15.4. The smallest absolute Gasteiger partial charge is 0.109 e. The molecule has 2 aromatic heterocycles. The van der Waals surface area contributed by atoms with E-state index in [2.05, 4.69) is 93.3 Å². The second-order valence-corrected chi connectivity index (χ2v) is 7.47. The fourth-order valence-corrected chi connectivity index (χ4v) is 5.02. The van der Waals surface area contributed by atoms with Gasteiger partial charge in [0.25, 0.3) is 0 Å². The summed E-state index contributed by atoms with van der Waals surface area (Å²) in [6.07, 6.45) is 0. The lowest BCUT2D eigenvalue weighted by Crippen LogP contribution is -1.93. The molecule has 0 aliphatic heterocycles. The topological polar surface area (TPSA) is 4.93 Å². The zero-order valence-corrected chi connectivity index (χ0v) is 14.6. The van der Waals surface area contributed by atoms with Crippen molar-refractivity contribution < 1.29 is 0 Å². The van der Waals surface area contributed by atoms with Gasteiger partial charge in [-0.05, 0) is 40.2 Å². The first-order valence-electron chi connectivity index (χ1n) is 7.50. The van der Waals surface area contributed by atoms with Gasteiger partial charge < -0.3 is 0 Å². The van der Waals surface area contributed by atoms with Crippen LogP contribution in [0.3, 0.4) is 0 Å². The number of hydrogen-bond donors (Lipinski definition) is 0. The van der Waals surface area contributed by atoms with E-state index < -0.39 is 0 Å². The van der Waals surface area contributed by atoms with Crippen LogP contribution >= 0.6 is 27.3 Å². The molecular weight excluding hydrogens is 366 g/mol. The molecular formula is C20H12BrNS. The van der Waals surface area contributed by atoms with E-state index in [9.17, 15) is 0 Å². The molecule has 0 unspecified atom stereocenters. The molecule has 0 spiro atoms. The number of fused-ring (bicyclic) bond motifs is 5. The fraction of sp³-hybridized carbons (Fsp3) is 0. The van der Waals surface area contributed by atoms with Gasteiger partial charge in [-0.3, -0.25) is 4.57 Å². The molecule has 2 heterocycles. The average molecular weight is 378 g/mol. The third-order valence-corrected chi connectivity index (χ3v) is 6.11. The lowest BCUT2D eigenvalue weighted by molar-refractivity contribution is 1.18. The summed E-state index contributed by atoms with van der Waals surface area (Å²) in [6, 6.07) is 25.8. The predicted octanol–water partition coefficient (Wildman–Crippen LogP) is 6.76. The molecule has 0 N–H and O–H groups in total. The second kappa shape index (κ2) is 4.95. The summed E-state index contributed by atoms with van der Waals surface area (Å²) in [4.78, 5) is 1.30. The van der Waals surface area contributed by atoms with Gasteiger partial charge in [0.1, 0.15) is 4.83 Å². The molecule has 5 rings (SSSR count). The van der Waals surface area contributed by atoms with Crippen molar-refractivity contribution in [2.24, 2.45) is 0 Å². The number of halogens is 1. The Labute approximate surface area is 145 Å². The molecule has 0 atom stereocenters. The molecule has 0 aliphatic carbocycles. The monoisotopic (exact) mass is 377 g/mol. The number of nitrogens with zero attached hydrogens (tertiary/aromatic N) is 1. The number of thiophene rings is 1. The van der Waals surface area contributed by atoms with Crippen LogP contribution in [-0.4, -0.2) is 4.57 Å². The Morgan fingerprint density at radius 2 is 1.43 bits per heavy atom. The third-order valence-electron chi connectivity index (χ3n) is 4.29. The summed E-state index contributed by atoms with van der Waals surface area (Å²) in [5.41, 5.74) is 2.44.